The van der Waals surface area contributed by atoms with Crippen molar-refractivity contribution in [3.05, 3.63) is 88.1 Å². The molecule has 0 fully saturated rings. The van der Waals surface area contributed by atoms with E-state index in [0.717, 1.165) is 6.42 Å². The van der Waals surface area contributed by atoms with Crippen molar-refractivity contribution in [2.75, 3.05) is 10.6 Å². The van der Waals surface area contributed by atoms with Crippen LogP contribution < -0.4 is 16.0 Å². The van der Waals surface area contributed by atoms with Crippen LogP contribution in [0.5, 0.6) is 0 Å². The number of alkyl halides is 3. The summed E-state index contributed by atoms with van der Waals surface area (Å²) in [6, 6.07) is 14.0. The van der Waals surface area contributed by atoms with Crippen LogP contribution in [0.2, 0.25) is 10.0 Å². The number of aliphatic carboxylic acids is 1. The zero-order chi connectivity index (χ0) is 34.4. The van der Waals surface area contributed by atoms with Crippen molar-refractivity contribution in [3.63, 3.8) is 0 Å². The van der Waals surface area contributed by atoms with Gasteiger partial charge in [0.05, 0.1) is 38.7 Å². The minimum atomic E-state index is -4.80. The SMILES string of the molecule is CC(C)(N[C@H]1CCCn2nc(C(=O)Nc3cccc(-c4cccc(Nc5nc(C(F)(F)F)nc6cccnc56)c4Cl)c3Cl)cc21)C(=O)O. The third-order valence-corrected chi connectivity index (χ3v) is 8.64. The lowest BCUT2D eigenvalue weighted by molar-refractivity contribution is -0.145. The summed E-state index contributed by atoms with van der Waals surface area (Å²) in [6.45, 7) is 3.72. The number of benzene rings is 2. The van der Waals surface area contributed by atoms with Crippen molar-refractivity contribution in [1.82, 2.24) is 30.0 Å². The predicted octanol–water partition coefficient (Wildman–Crippen LogP) is 7.50. The molecule has 48 heavy (non-hydrogen) atoms. The summed E-state index contributed by atoms with van der Waals surface area (Å²) >= 11 is 13.6. The Labute approximate surface area is 281 Å². The number of aryl methyl sites for hydroxylation is 1. The van der Waals surface area contributed by atoms with Crippen molar-refractivity contribution in [2.24, 2.45) is 0 Å². The number of hydrogen-bond donors (Lipinski definition) is 4. The van der Waals surface area contributed by atoms with Gasteiger partial charge in [-0.1, -0.05) is 47.5 Å². The second kappa shape index (κ2) is 12.7. The molecule has 1 aliphatic heterocycles. The van der Waals surface area contributed by atoms with Gasteiger partial charge in [0.15, 0.2) is 11.5 Å². The number of hydrogen-bond acceptors (Lipinski definition) is 8. The molecule has 248 valence electrons. The number of aromatic nitrogens is 5. The van der Waals surface area contributed by atoms with E-state index in [1.165, 1.54) is 18.3 Å². The van der Waals surface area contributed by atoms with Crippen LogP contribution >= 0.6 is 23.2 Å². The standard InChI is InChI=1S/C32H27Cl2F3N8O3/c1-31(2,30(47)48)43-18-12-6-14-45-23(18)15-22(44-45)28(46)40-20-10-4-8-17(25(20)34)16-7-3-9-19(24(16)33)39-27-26-21(11-5-13-38-26)41-29(42-27)32(35,36)37/h3-5,7-11,13,15,18,43H,6,12,14H2,1-2H3,(H,40,46)(H,47,48)(H,39,41,42)/t18-/m0/s1. The highest BCUT2D eigenvalue weighted by Crippen LogP contribution is 2.41. The Morgan fingerprint density at radius 1 is 0.979 bits per heavy atom. The van der Waals surface area contributed by atoms with E-state index in [0.29, 0.717) is 29.8 Å². The molecule has 16 heteroatoms. The van der Waals surface area contributed by atoms with Gasteiger partial charge in [-0.25, -0.2) is 9.97 Å². The lowest BCUT2D eigenvalue weighted by atomic mass is 9.98. The van der Waals surface area contributed by atoms with Crippen LogP contribution in [-0.4, -0.2) is 47.3 Å². The molecule has 0 bridgehead atoms. The molecule has 0 aliphatic carbocycles. The third kappa shape index (κ3) is 6.50. The van der Waals surface area contributed by atoms with E-state index < -0.39 is 29.4 Å². The summed E-state index contributed by atoms with van der Waals surface area (Å²) in [6.07, 6.45) is -1.95. The van der Waals surface area contributed by atoms with Crippen LogP contribution in [0.15, 0.2) is 60.8 Å². The maximum atomic E-state index is 13.6. The van der Waals surface area contributed by atoms with Gasteiger partial charge in [-0.15, -0.1) is 0 Å². The largest absolute Gasteiger partial charge is 0.480 e. The number of fused-ring (bicyclic) bond motifs is 2. The summed E-state index contributed by atoms with van der Waals surface area (Å²) in [5, 5.41) is 23.1. The van der Waals surface area contributed by atoms with E-state index in [1.54, 1.807) is 61.0 Å². The number of carboxylic acid groups (broad SMARTS) is 1. The normalized spacial score (nSPS) is 14.9. The summed E-state index contributed by atoms with van der Waals surface area (Å²) in [7, 11) is 0. The number of amides is 1. The number of pyridine rings is 1. The van der Waals surface area contributed by atoms with Gasteiger partial charge < -0.3 is 15.7 Å². The molecule has 1 amide bonds. The molecule has 0 saturated carbocycles. The van der Waals surface area contributed by atoms with E-state index in [9.17, 15) is 27.9 Å². The predicted molar refractivity (Wildman–Crippen MR) is 175 cm³/mol. The van der Waals surface area contributed by atoms with Crippen LogP contribution in [0.4, 0.5) is 30.4 Å². The van der Waals surface area contributed by atoms with Gasteiger partial charge in [0.1, 0.15) is 11.1 Å². The molecule has 5 aromatic rings. The van der Waals surface area contributed by atoms with Gasteiger partial charge in [-0.3, -0.25) is 24.6 Å². The first-order chi connectivity index (χ1) is 22.7. The Bertz CT molecular complexity index is 2070. The average Bonchev–Trinajstić information content (AvgIpc) is 3.48. The molecule has 3 aromatic heterocycles. The summed E-state index contributed by atoms with van der Waals surface area (Å²) in [5.41, 5.74) is 1.11. The van der Waals surface area contributed by atoms with E-state index >= 15 is 0 Å². The molecule has 4 N–H and O–H groups in total. The molecule has 0 unspecified atom stereocenters. The molecule has 0 radical (unpaired) electrons. The van der Waals surface area contributed by atoms with Crippen LogP contribution in [0, 0.1) is 0 Å². The quantitative estimate of drug-likeness (QED) is 0.129. The number of halogens is 5. The fourth-order valence-electron chi connectivity index (χ4n) is 5.41. The van der Waals surface area contributed by atoms with Gasteiger partial charge in [-0.05, 0) is 57.0 Å². The molecule has 0 saturated heterocycles. The Morgan fingerprint density at radius 3 is 2.35 bits per heavy atom. The highest BCUT2D eigenvalue weighted by molar-refractivity contribution is 6.39. The second-order valence-corrected chi connectivity index (χ2v) is 12.4. The molecule has 11 nitrogen and oxygen atoms in total. The van der Waals surface area contributed by atoms with Gasteiger partial charge in [0.25, 0.3) is 5.91 Å². The van der Waals surface area contributed by atoms with E-state index in [1.807, 2.05) is 0 Å². The smallest absolute Gasteiger partial charge is 0.451 e. The Kier molecular flexibility index (Phi) is 8.75. The van der Waals surface area contributed by atoms with Crippen molar-refractivity contribution in [1.29, 1.82) is 0 Å². The highest BCUT2D eigenvalue weighted by atomic mass is 35.5. The van der Waals surface area contributed by atoms with E-state index in [2.05, 4.69) is 36.0 Å². The molecule has 6 rings (SSSR count). The lowest BCUT2D eigenvalue weighted by Gasteiger charge is -2.31. The van der Waals surface area contributed by atoms with Crippen LogP contribution in [0.3, 0.4) is 0 Å². The number of anilines is 3. The lowest BCUT2D eigenvalue weighted by Crippen LogP contribution is -2.49. The number of nitrogens with zero attached hydrogens (tertiary/aromatic N) is 5. The number of carbonyl (C=O) groups is 2. The minimum Gasteiger partial charge on any atom is -0.480 e. The van der Waals surface area contributed by atoms with Gasteiger partial charge in [-0.2, -0.15) is 18.3 Å². The van der Waals surface area contributed by atoms with Crippen molar-refractivity contribution in [2.45, 2.75) is 51.0 Å². The Morgan fingerprint density at radius 2 is 1.67 bits per heavy atom. The number of carbonyl (C=O) groups excluding carboxylic acids is 1. The first kappa shape index (κ1) is 33.1. The maximum absolute atomic E-state index is 13.6. The molecule has 4 heterocycles. The molecule has 0 spiro atoms. The zero-order valence-corrected chi connectivity index (χ0v) is 26.9. The number of carboxylic acids is 1. The molecule has 1 atom stereocenters. The maximum Gasteiger partial charge on any atom is 0.451 e. The molecular weight excluding hydrogens is 672 g/mol. The Balaban J connectivity index is 1.27. The monoisotopic (exact) mass is 698 g/mol. The topological polar surface area (TPSA) is 147 Å². The first-order valence-electron chi connectivity index (χ1n) is 14.7. The molecular formula is C32H27Cl2F3N8O3. The Hall–Kier alpha value is -4.79. The van der Waals surface area contributed by atoms with E-state index in [-0.39, 0.29) is 50.0 Å². The van der Waals surface area contributed by atoms with Crippen LogP contribution in [-0.2, 0) is 17.5 Å². The zero-order valence-electron chi connectivity index (χ0n) is 25.4. The van der Waals surface area contributed by atoms with Crippen LogP contribution in [0.1, 0.15) is 54.7 Å². The van der Waals surface area contributed by atoms with Gasteiger partial charge in [0, 0.05) is 23.9 Å². The number of nitrogens with one attached hydrogen (secondary N) is 3. The summed E-state index contributed by atoms with van der Waals surface area (Å²) in [5.74, 6) is -3.05. The van der Waals surface area contributed by atoms with Gasteiger partial charge >= 0.3 is 12.1 Å². The molecule has 1 aliphatic rings. The first-order valence-corrected chi connectivity index (χ1v) is 15.4. The minimum absolute atomic E-state index is 0.00413. The fourth-order valence-corrected chi connectivity index (χ4v) is 5.96. The van der Waals surface area contributed by atoms with Crippen molar-refractivity contribution >= 4 is 63.3 Å². The summed E-state index contributed by atoms with van der Waals surface area (Å²) in [4.78, 5) is 36.5. The number of rotatable bonds is 8. The van der Waals surface area contributed by atoms with E-state index in [4.69, 9.17) is 23.2 Å². The van der Waals surface area contributed by atoms with Gasteiger partial charge in [0.2, 0.25) is 5.82 Å². The van der Waals surface area contributed by atoms with Crippen molar-refractivity contribution in [3.8, 4) is 11.1 Å². The highest BCUT2D eigenvalue weighted by Gasteiger charge is 2.36. The average molecular weight is 700 g/mol. The molecule has 2 aromatic carbocycles. The third-order valence-electron chi connectivity index (χ3n) is 7.83. The van der Waals surface area contributed by atoms with Crippen molar-refractivity contribution < 1.29 is 27.9 Å². The summed E-state index contributed by atoms with van der Waals surface area (Å²) < 4.78 is 42.4. The second-order valence-electron chi connectivity index (χ2n) is 11.6. The fraction of sp³-hybridized carbons (Fsp3) is 0.250. The van der Waals surface area contributed by atoms with Crippen LogP contribution in [0.25, 0.3) is 22.2 Å².